The molecule has 2 saturated heterocycles. The molecule has 1 atom stereocenters. The normalized spacial score (nSPS) is 19.3. The van der Waals surface area contributed by atoms with Gasteiger partial charge in [0.05, 0.1) is 36.1 Å². The van der Waals surface area contributed by atoms with Gasteiger partial charge in [0.25, 0.3) is 5.91 Å². The zero-order chi connectivity index (χ0) is 32.2. The summed E-state index contributed by atoms with van der Waals surface area (Å²) in [6, 6.07) is 9.49. The maximum atomic E-state index is 13.7. The van der Waals surface area contributed by atoms with E-state index < -0.39 is 41.0 Å². The van der Waals surface area contributed by atoms with Crippen molar-refractivity contribution in [2.45, 2.75) is 31.7 Å². The van der Waals surface area contributed by atoms with Crippen molar-refractivity contribution in [1.82, 2.24) is 14.7 Å². The number of alkyl halides is 6. The van der Waals surface area contributed by atoms with E-state index in [2.05, 4.69) is 10.1 Å². The number of rotatable bonds is 9. The summed E-state index contributed by atoms with van der Waals surface area (Å²) < 4.78 is 92.6. The van der Waals surface area contributed by atoms with Crippen molar-refractivity contribution in [3.05, 3.63) is 71.0 Å². The van der Waals surface area contributed by atoms with E-state index in [0.29, 0.717) is 68.6 Å². The van der Waals surface area contributed by atoms with E-state index in [4.69, 9.17) is 14.0 Å². The number of morpholine rings is 1. The molecule has 3 aromatic rings. The van der Waals surface area contributed by atoms with E-state index in [-0.39, 0.29) is 25.6 Å². The van der Waals surface area contributed by atoms with Crippen LogP contribution in [0.15, 0.2) is 58.1 Å². The molecule has 45 heavy (non-hydrogen) atoms. The molecule has 0 N–H and O–H groups in total. The minimum absolute atomic E-state index is 0.0196. The van der Waals surface area contributed by atoms with Crippen molar-refractivity contribution in [1.29, 1.82) is 0 Å². The molecule has 1 amide bonds. The highest BCUT2D eigenvalue weighted by atomic mass is 19.4. The number of para-hydroxylation sites is 1. The maximum Gasteiger partial charge on any atom is 0.416 e. The van der Waals surface area contributed by atoms with E-state index in [1.54, 1.807) is 6.07 Å². The molecule has 5 rings (SSSR count). The molecule has 1 aromatic heterocycles. The first kappa shape index (κ1) is 32.8. The SMILES string of the molecule is C/C(CN1CCN(C(=O)c2cc(C(F)(F)F)cc(C(F)(F)F)c2)C(Cc2cc3ccccc3o2)C1)=N\OCCN1CCOCC1. The molecule has 2 aromatic carbocycles. The first-order valence-electron chi connectivity index (χ1n) is 14.6. The van der Waals surface area contributed by atoms with Crippen LogP contribution < -0.4 is 0 Å². The highest BCUT2D eigenvalue weighted by molar-refractivity contribution is 5.95. The van der Waals surface area contributed by atoms with Crippen LogP contribution in [0.3, 0.4) is 0 Å². The Bertz CT molecular complexity index is 1430. The maximum absolute atomic E-state index is 13.7. The number of carbonyl (C=O) groups is 1. The average molecular weight is 641 g/mol. The van der Waals surface area contributed by atoms with E-state index in [1.165, 1.54) is 4.90 Å². The standard InChI is InChI=1S/C31H34F6N4O4/c1-21(38-44-13-10-39-8-11-43-12-9-39)19-40-6-7-41(26(20-40)18-27-16-22-4-2-3-5-28(22)45-27)29(42)23-14-24(30(32,33)34)17-25(15-23)31(35,36)37/h2-5,14-17,26H,6-13,18-20H2,1H3/b38-21+. The zero-order valence-corrected chi connectivity index (χ0v) is 24.7. The predicted molar refractivity (Wildman–Crippen MR) is 154 cm³/mol. The van der Waals surface area contributed by atoms with Crippen LogP contribution in [0.1, 0.15) is 34.2 Å². The van der Waals surface area contributed by atoms with Crippen LogP contribution in [-0.4, -0.2) is 98.0 Å². The molecule has 1 unspecified atom stereocenters. The second-order valence-corrected chi connectivity index (χ2v) is 11.3. The fourth-order valence-corrected chi connectivity index (χ4v) is 5.62. The second kappa shape index (κ2) is 13.8. The molecule has 0 spiro atoms. The third kappa shape index (κ3) is 8.56. The van der Waals surface area contributed by atoms with E-state index in [1.807, 2.05) is 36.1 Å². The number of nitrogens with zero attached hydrogens (tertiary/aromatic N) is 4. The molecule has 0 radical (unpaired) electrons. The molecule has 2 aliphatic heterocycles. The van der Waals surface area contributed by atoms with Crippen LogP contribution >= 0.6 is 0 Å². The van der Waals surface area contributed by atoms with E-state index >= 15 is 0 Å². The first-order valence-corrected chi connectivity index (χ1v) is 14.6. The summed E-state index contributed by atoms with van der Waals surface area (Å²) in [4.78, 5) is 24.7. The molecule has 244 valence electrons. The summed E-state index contributed by atoms with van der Waals surface area (Å²) in [5.41, 5.74) is -2.43. The number of benzene rings is 2. The molecule has 0 bridgehead atoms. The Morgan fingerprint density at radius 2 is 1.62 bits per heavy atom. The van der Waals surface area contributed by atoms with Gasteiger partial charge in [-0.15, -0.1) is 0 Å². The van der Waals surface area contributed by atoms with Crippen molar-refractivity contribution in [3.63, 3.8) is 0 Å². The summed E-state index contributed by atoms with van der Waals surface area (Å²) >= 11 is 0. The second-order valence-electron chi connectivity index (χ2n) is 11.3. The number of hydrogen-bond acceptors (Lipinski definition) is 7. The Kier molecular flexibility index (Phi) is 10.0. The highest BCUT2D eigenvalue weighted by Gasteiger charge is 2.39. The number of hydrogen-bond donors (Lipinski definition) is 0. The summed E-state index contributed by atoms with van der Waals surface area (Å²) in [6.45, 7) is 7.05. The number of furan rings is 1. The molecular weight excluding hydrogens is 606 g/mol. The highest BCUT2D eigenvalue weighted by Crippen LogP contribution is 2.37. The van der Waals surface area contributed by atoms with Crippen LogP contribution in [0.2, 0.25) is 0 Å². The smallest absolute Gasteiger partial charge is 0.416 e. The molecule has 2 fully saturated rings. The molecule has 2 aliphatic rings. The number of fused-ring (bicyclic) bond motifs is 1. The van der Waals surface area contributed by atoms with Gasteiger partial charge < -0.3 is 18.9 Å². The summed E-state index contributed by atoms with van der Waals surface area (Å²) in [5.74, 6) is -0.373. The largest absolute Gasteiger partial charge is 0.461 e. The lowest BCUT2D eigenvalue weighted by Crippen LogP contribution is -2.56. The van der Waals surface area contributed by atoms with Gasteiger partial charge in [-0.05, 0) is 37.3 Å². The molecule has 0 saturated carbocycles. The van der Waals surface area contributed by atoms with Crippen LogP contribution in [0.5, 0.6) is 0 Å². The zero-order valence-electron chi connectivity index (χ0n) is 24.7. The first-order chi connectivity index (χ1) is 21.4. The Morgan fingerprint density at radius 3 is 2.29 bits per heavy atom. The molecule has 3 heterocycles. The van der Waals surface area contributed by atoms with E-state index in [0.717, 1.165) is 18.5 Å². The van der Waals surface area contributed by atoms with Gasteiger partial charge in [0.1, 0.15) is 18.0 Å². The molecule has 14 heteroatoms. The summed E-state index contributed by atoms with van der Waals surface area (Å²) in [6.07, 6.45) is -9.93. The van der Waals surface area contributed by atoms with Gasteiger partial charge in [0, 0.05) is 63.2 Å². The van der Waals surface area contributed by atoms with Crippen LogP contribution in [-0.2, 0) is 28.3 Å². The van der Waals surface area contributed by atoms with Crippen molar-refractivity contribution < 1.29 is 45.1 Å². The number of oxime groups is 1. The van der Waals surface area contributed by atoms with Gasteiger partial charge in [-0.1, -0.05) is 23.4 Å². The van der Waals surface area contributed by atoms with Crippen molar-refractivity contribution in [2.24, 2.45) is 5.16 Å². The van der Waals surface area contributed by atoms with Crippen molar-refractivity contribution in [2.75, 3.05) is 65.6 Å². The van der Waals surface area contributed by atoms with Gasteiger partial charge >= 0.3 is 12.4 Å². The number of amides is 1. The van der Waals surface area contributed by atoms with Crippen LogP contribution in [0.25, 0.3) is 11.0 Å². The Labute approximate surface area is 256 Å². The predicted octanol–water partition coefficient (Wildman–Crippen LogP) is 5.56. The molecule has 0 aliphatic carbocycles. The van der Waals surface area contributed by atoms with Crippen LogP contribution in [0.4, 0.5) is 26.3 Å². The van der Waals surface area contributed by atoms with Gasteiger partial charge in [0.15, 0.2) is 0 Å². The summed E-state index contributed by atoms with van der Waals surface area (Å²) in [5, 5.41) is 5.05. The number of halogens is 6. The average Bonchev–Trinajstić information content (AvgIpc) is 3.41. The number of carbonyl (C=O) groups excluding carboxylic acids is 1. The Hall–Kier alpha value is -3.62. The van der Waals surface area contributed by atoms with Crippen molar-refractivity contribution >= 4 is 22.6 Å². The van der Waals surface area contributed by atoms with Crippen LogP contribution in [0, 0.1) is 0 Å². The number of ether oxygens (including phenoxy) is 1. The quantitative estimate of drug-likeness (QED) is 0.132. The van der Waals surface area contributed by atoms with Gasteiger partial charge in [0.2, 0.25) is 0 Å². The summed E-state index contributed by atoms with van der Waals surface area (Å²) in [7, 11) is 0. The lowest BCUT2D eigenvalue weighted by molar-refractivity contribution is -0.143. The minimum Gasteiger partial charge on any atom is -0.461 e. The van der Waals surface area contributed by atoms with Gasteiger partial charge in [-0.25, -0.2) is 0 Å². The molecular formula is C31H34F6N4O4. The fourth-order valence-electron chi connectivity index (χ4n) is 5.62. The van der Waals surface area contributed by atoms with E-state index in [9.17, 15) is 31.1 Å². The third-order valence-electron chi connectivity index (χ3n) is 7.85. The lowest BCUT2D eigenvalue weighted by Gasteiger charge is -2.41. The molecule has 8 nitrogen and oxygen atoms in total. The Morgan fingerprint density at radius 1 is 0.933 bits per heavy atom. The lowest BCUT2D eigenvalue weighted by atomic mass is 10.0. The topological polar surface area (TPSA) is 70.8 Å². The fraction of sp³-hybridized carbons (Fsp3) is 0.484. The van der Waals surface area contributed by atoms with Crippen molar-refractivity contribution in [3.8, 4) is 0 Å². The monoisotopic (exact) mass is 640 g/mol. The minimum atomic E-state index is -5.07. The Balaban J connectivity index is 1.33. The third-order valence-corrected chi connectivity index (χ3v) is 7.85. The van der Waals surface area contributed by atoms with Gasteiger partial charge in [-0.2, -0.15) is 26.3 Å². The van der Waals surface area contributed by atoms with Gasteiger partial charge in [-0.3, -0.25) is 14.6 Å². The number of piperazine rings is 1.